The SMILES string of the molecule is Brc1ccc(-c2ccc(C(c3ccc(-c4ccc(Br)cc4)o3)c3ccc(-c4ccc(Br)cc4)o3)o2)cc1. The fourth-order valence-corrected chi connectivity index (χ4v) is 5.05. The van der Waals surface area contributed by atoms with Crippen molar-refractivity contribution in [3.63, 3.8) is 0 Å². The van der Waals surface area contributed by atoms with Crippen molar-refractivity contribution in [3.8, 4) is 34.0 Å². The highest BCUT2D eigenvalue weighted by atomic mass is 79.9. The van der Waals surface area contributed by atoms with Crippen LogP contribution in [0.25, 0.3) is 34.0 Å². The molecule has 0 atom stereocenters. The molecule has 3 heterocycles. The first-order chi connectivity index (χ1) is 18.0. The average Bonchev–Trinajstić information content (AvgIpc) is 3.68. The van der Waals surface area contributed by atoms with Crippen molar-refractivity contribution < 1.29 is 13.3 Å². The summed E-state index contributed by atoms with van der Waals surface area (Å²) < 4.78 is 22.2. The number of rotatable bonds is 6. The molecule has 0 N–H and O–H groups in total. The van der Waals surface area contributed by atoms with Crippen LogP contribution in [0.5, 0.6) is 0 Å². The summed E-state index contributed by atoms with van der Waals surface area (Å²) in [5, 5.41) is 0. The second kappa shape index (κ2) is 10.4. The Bertz CT molecular complexity index is 1440. The lowest BCUT2D eigenvalue weighted by Crippen LogP contribution is -1.99. The average molecular weight is 679 g/mol. The summed E-state index contributed by atoms with van der Waals surface area (Å²) in [4.78, 5) is 0. The third kappa shape index (κ3) is 5.19. The van der Waals surface area contributed by atoms with E-state index in [4.69, 9.17) is 13.3 Å². The van der Waals surface area contributed by atoms with Gasteiger partial charge in [0.05, 0.1) is 0 Å². The number of halogens is 3. The van der Waals surface area contributed by atoms with Crippen molar-refractivity contribution in [3.05, 3.63) is 140 Å². The molecule has 0 radical (unpaired) electrons. The molecule has 0 unspecified atom stereocenters. The fraction of sp³-hybridized carbons (Fsp3) is 0.0323. The van der Waals surface area contributed by atoms with Gasteiger partial charge in [0.1, 0.15) is 40.5 Å². The Kier molecular flexibility index (Phi) is 6.80. The molecule has 0 saturated heterocycles. The molecule has 6 aromatic rings. The molecule has 3 nitrogen and oxygen atoms in total. The number of furan rings is 3. The van der Waals surface area contributed by atoms with E-state index in [-0.39, 0.29) is 5.92 Å². The monoisotopic (exact) mass is 676 g/mol. The van der Waals surface area contributed by atoms with Gasteiger partial charge in [0.15, 0.2) is 0 Å². The molecule has 0 aliphatic carbocycles. The Labute approximate surface area is 239 Å². The lowest BCUT2D eigenvalue weighted by Gasteiger charge is -2.10. The molecule has 3 aromatic heterocycles. The van der Waals surface area contributed by atoms with Crippen LogP contribution < -0.4 is 0 Å². The molecule has 0 fully saturated rings. The summed E-state index contributed by atoms with van der Waals surface area (Å²) in [6, 6.07) is 36.1. The van der Waals surface area contributed by atoms with E-state index in [1.54, 1.807) is 0 Å². The van der Waals surface area contributed by atoms with Gasteiger partial charge in [-0.2, -0.15) is 0 Å². The molecule has 6 heteroatoms. The van der Waals surface area contributed by atoms with Crippen LogP contribution in [0.1, 0.15) is 23.2 Å². The van der Waals surface area contributed by atoms with Crippen molar-refractivity contribution >= 4 is 47.8 Å². The van der Waals surface area contributed by atoms with Crippen molar-refractivity contribution in [2.75, 3.05) is 0 Å². The number of benzene rings is 3. The van der Waals surface area contributed by atoms with E-state index in [1.165, 1.54) is 0 Å². The maximum atomic E-state index is 6.39. The van der Waals surface area contributed by atoms with Crippen LogP contribution >= 0.6 is 47.8 Å². The zero-order valence-corrected chi connectivity index (χ0v) is 24.1. The molecule has 0 aliphatic rings. The highest BCUT2D eigenvalue weighted by Crippen LogP contribution is 2.40. The minimum Gasteiger partial charge on any atom is -0.460 e. The maximum Gasteiger partial charge on any atom is 0.134 e. The lowest BCUT2D eigenvalue weighted by molar-refractivity contribution is 0.417. The van der Waals surface area contributed by atoms with Crippen molar-refractivity contribution in [2.24, 2.45) is 0 Å². The number of hydrogen-bond donors (Lipinski definition) is 0. The first kappa shape index (κ1) is 24.3. The van der Waals surface area contributed by atoms with Gasteiger partial charge < -0.3 is 13.3 Å². The molecular formula is C31H19Br3O3. The molecular weight excluding hydrogens is 660 g/mol. The van der Waals surface area contributed by atoms with E-state index in [0.29, 0.717) is 0 Å². The Morgan fingerprint density at radius 2 is 0.622 bits per heavy atom. The van der Waals surface area contributed by atoms with Crippen LogP contribution in [0.3, 0.4) is 0 Å². The van der Waals surface area contributed by atoms with Crippen LogP contribution in [0.4, 0.5) is 0 Å². The molecule has 6 rings (SSSR count). The highest BCUT2D eigenvalue weighted by Gasteiger charge is 2.28. The van der Waals surface area contributed by atoms with Crippen molar-refractivity contribution in [2.45, 2.75) is 5.92 Å². The molecule has 37 heavy (non-hydrogen) atoms. The fourth-order valence-electron chi connectivity index (χ4n) is 4.25. The second-order valence-electron chi connectivity index (χ2n) is 8.56. The third-order valence-electron chi connectivity index (χ3n) is 6.12. The van der Waals surface area contributed by atoms with Gasteiger partial charge in [-0.3, -0.25) is 0 Å². The normalized spacial score (nSPS) is 11.4. The first-order valence-corrected chi connectivity index (χ1v) is 14.0. The molecule has 3 aromatic carbocycles. The molecule has 0 aliphatic heterocycles. The predicted molar refractivity (Wildman–Crippen MR) is 156 cm³/mol. The number of hydrogen-bond acceptors (Lipinski definition) is 3. The standard InChI is InChI=1S/C31H19Br3O3/c32-22-7-1-19(2-8-22)25-13-16-28(35-25)31(29-17-14-26(36-29)20-3-9-23(33)10-4-20)30-18-15-27(37-30)21-5-11-24(34)12-6-21/h1-18,31H. The summed E-state index contributed by atoms with van der Waals surface area (Å²) in [6.07, 6.45) is 0. The van der Waals surface area contributed by atoms with E-state index in [1.807, 2.05) is 109 Å². The van der Waals surface area contributed by atoms with Crippen LogP contribution in [0, 0.1) is 0 Å². The summed E-state index contributed by atoms with van der Waals surface area (Å²) >= 11 is 10.5. The van der Waals surface area contributed by atoms with Gasteiger partial charge in [0.25, 0.3) is 0 Å². The van der Waals surface area contributed by atoms with Crippen molar-refractivity contribution in [1.29, 1.82) is 0 Å². The topological polar surface area (TPSA) is 39.4 Å². The second-order valence-corrected chi connectivity index (χ2v) is 11.3. The summed E-state index contributed by atoms with van der Waals surface area (Å²) in [5.41, 5.74) is 2.99. The Morgan fingerprint density at radius 1 is 0.351 bits per heavy atom. The van der Waals surface area contributed by atoms with Crippen LogP contribution in [0.2, 0.25) is 0 Å². The van der Waals surface area contributed by atoms with Gasteiger partial charge in [-0.25, -0.2) is 0 Å². The molecule has 182 valence electrons. The smallest absolute Gasteiger partial charge is 0.134 e. The van der Waals surface area contributed by atoms with E-state index in [9.17, 15) is 0 Å². The minimum atomic E-state index is -0.349. The molecule has 0 spiro atoms. The summed E-state index contributed by atoms with van der Waals surface area (Å²) in [6.45, 7) is 0. The first-order valence-electron chi connectivity index (χ1n) is 11.6. The molecule has 0 bridgehead atoms. The van der Waals surface area contributed by atoms with E-state index >= 15 is 0 Å². The quantitative estimate of drug-likeness (QED) is 0.176. The van der Waals surface area contributed by atoms with Gasteiger partial charge in [-0.1, -0.05) is 84.2 Å². The minimum absolute atomic E-state index is 0.349. The predicted octanol–water partition coefficient (Wildman–Crippen LogP) is 10.9. The molecule has 0 amide bonds. The Balaban J connectivity index is 1.41. The maximum absolute atomic E-state index is 6.39. The Hall–Kier alpha value is -3.06. The van der Waals surface area contributed by atoms with Crippen molar-refractivity contribution in [1.82, 2.24) is 0 Å². The van der Waals surface area contributed by atoms with Gasteiger partial charge >= 0.3 is 0 Å². The summed E-state index contributed by atoms with van der Waals surface area (Å²) in [7, 11) is 0. The lowest BCUT2D eigenvalue weighted by atomic mass is 10.0. The van der Waals surface area contributed by atoms with Crippen LogP contribution in [-0.2, 0) is 0 Å². The summed E-state index contributed by atoms with van der Waals surface area (Å²) in [5.74, 6) is 4.23. The van der Waals surface area contributed by atoms with Crippen LogP contribution in [0.15, 0.2) is 136 Å². The molecule has 0 saturated carbocycles. The van der Waals surface area contributed by atoms with Gasteiger partial charge in [-0.15, -0.1) is 0 Å². The Morgan fingerprint density at radius 3 is 0.892 bits per heavy atom. The zero-order valence-electron chi connectivity index (χ0n) is 19.3. The highest BCUT2D eigenvalue weighted by molar-refractivity contribution is 9.11. The zero-order chi connectivity index (χ0) is 25.4. The van der Waals surface area contributed by atoms with E-state index < -0.39 is 0 Å². The van der Waals surface area contributed by atoms with Gasteiger partial charge in [0.2, 0.25) is 0 Å². The largest absolute Gasteiger partial charge is 0.460 e. The van der Waals surface area contributed by atoms with E-state index in [0.717, 1.165) is 64.7 Å². The van der Waals surface area contributed by atoms with Gasteiger partial charge in [0, 0.05) is 30.1 Å². The van der Waals surface area contributed by atoms with Crippen LogP contribution in [-0.4, -0.2) is 0 Å². The third-order valence-corrected chi connectivity index (χ3v) is 7.71. The van der Waals surface area contributed by atoms with E-state index in [2.05, 4.69) is 47.8 Å². The van der Waals surface area contributed by atoms with Gasteiger partial charge in [-0.05, 0) is 72.8 Å².